The van der Waals surface area contributed by atoms with Crippen molar-refractivity contribution >= 4 is 5.95 Å². The standard InChI is InChI=1S/C20H24N6O2/c1-27-18-9-7-16(8-10-18)19(25-11-13-28-14-12-25)15-21-20-22-23-24-26(20)17-5-3-2-4-6-17/h2-10,19H,11-15H2,1H3,(H,21,22,24)/p+1/t19-/m0/s1. The molecule has 1 fully saturated rings. The lowest BCUT2D eigenvalue weighted by molar-refractivity contribution is -0.937. The number of aromatic nitrogens is 4. The van der Waals surface area contributed by atoms with Gasteiger partial charge >= 0.3 is 0 Å². The van der Waals surface area contributed by atoms with Crippen molar-refractivity contribution in [1.29, 1.82) is 0 Å². The minimum atomic E-state index is 0.260. The summed E-state index contributed by atoms with van der Waals surface area (Å²) in [6.07, 6.45) is 0. The average Bonchev–Trinajstić information content (AvgIpc) is 3.24. The molecule has 8 nitrogen and oxygen atoms in total. The van der Waals surface area contributed by atoms with Gasteiger partial charge in [0.2, 0.25) is 5.95 Å². The van der Waals surface area contributed by atoms with Crippen molar-refractivity contribution in [3.05, 3.63) is 60.2 Å². The van der Waals surface area contributed by atoms with Crippen molar-refractivity contribution in [2.24, 2.45) is 0 Å². The molecule has 0 spiro atoms. The maximum atomic E-state index is 5.55. The Morgan fingerprint density at radius 1 is 1.11 bits per heavy atom. The highest BCUT2D eigenvalue weighted by Crippen LogP contribution is 2.17. The van der Waals surface area contributed by atoms with Gasteiger partial charge in [-0.05, 0) is 46.8 Å². The molecule has 1 aliphatic rings. The van der Waals surface area contributed by atoms with Gasteiger partial charge in [0, 0.05) is 5.56 Å². The van der Waals surface area contributed by atoms with E-state index in [0.29, 0.717) is 5.95 Å². The summed E-state index contributed by atoms with van der Waals surface area (Å²) in [5, 5.41) is 15.6. The zero-order valence-electron chi connectivity index (χ0n) is 15.9. The SMILES string of the molecule is COc1ccc([C@H](CNc2nnnn2-c2ccccc2)[NH+]2CCOCC2)cc1. The van der Waals surface area contributed by atoms with Crippen LogP contribution in [0.15, 0.2) is 54.6 Å². The number of ether oxygens (including phenoxy) is 2. The fourth-order valence-electron chi connectivity index (χ4n) is 3.55. The van der Waals surface area contributed by atoms with Crippen LogP contribution in [0, 0.1) is 0 Å². The second-order valence-corrected chi connectivity index (χ2v) is 6.73. The third-order valence-electron chi connectivity index (χ3n) is 5.08. The quantitative estimate of drug-likeness (QED) is 0.629. The van der Waals surface area contributed by atoms with Crippen LogP contribution >= 0.6 is 0 Å². The van der Waals surface area contributed by atoms with Crippen molar-refractivity contribution in [3.8, 4) is 11.4 Å². The Balaban J connectivity index is 1.54. The highest BCUT2D eigenvalue weighted by atomic mass is 16.5. The Hall–Kier alpha value is -2.97. The molecular weight excluding hydrogens is 356 g/mol. The lowest BCUT2D eigenvalue weighted by Gasteiger charge is -2.32. The van der Waals surface area contributed by atoms with Crippen LogP contribution in [0.1, 0.15) is 11.6 Å². The number of methoxy groups -OCH3 is 1. The first-order chi connectivity index (χ1) is 13.8. The van der Waals surface area contributed by atoms with Crippen LogP contribution in [0.5, 0.6) is 5.75 Å². The van der Waals surface area contributed by atoms with Gasteiger partial charge in [0.05, 0.1) is 32.6 Å². The third kappa shape index (κ3) is 4.13. The molecule has 0 saturated carbocycles. The number of hydrogen-bond acceptors (Lipinski definition) is 6. The molecule has 4 rings (SSSR count). The molecule has 3 aromatic rings. The summed E-state index contributed by atoms with van der Waals surface area (Å²) in [7, 11) is 1.69. The Labute approximate surface area is 164 Å². The van der Waals surface area contributed by atoms with Crippen LogP contribution in [-0.4, -0.2) is 60.2 Å². The van der Waals surface area contributed by atoms with E-state index in [4.69, 9.17) is 9.47 Å². The van der Waals surface area contributed by atoms with E-state index in [1.165, 1.54) is 10.5 Å². The van der Waals surface area contributed by atoms with Gasteiger partial charge in [0.1, 0.15) is 24.9 Å². The first kappa shape index (κ1) is 18.4. The number of para-hydroxylation sites is 1. The first-order valence-corrected chi connectivity index (χ1v) is 9.49. The number of tetrazole rings is 1. The summed E-state index contributed by atoms with van der Waals surface area (Å²) in [6, 6.07) is 18.4. The normalized spacial score (nSPS) is 15.9. The molecule has 146 valence electrons. The monoisotopic (exact) mass is 381 g/mol. The molecule has 1 atom stereocenters. The van der Waals surface area contributed by atoms with E-state index in [9.17, 15) is 0 Å². The van der Waals surface area contributed by atoms with E-state index < -0.39 is 0 Å². The van der Waals surface area contributed by atoms with Gasteiger partial charge in [-0.25, -0.2) is 0 Å². The van der Waals surface area contributed by atoms with Gasteiger partial charge in [-0.2, -0.15) is 4.68 Å². The number of morpholine rings is 1. The van der Waals surface area contributed by atoms with Crippen LogP contribution < -0.4 is 15.0 Å². The summed E-state index contributed by atoms with van der Waals surface area (Å²) in [5.41, 5.74) is 2.18. The van der Waals surface area contributed by atoms with Gasteiger partial charge in [0.25, 0.3) is 0 Å². The van der Waals surface area contributed by atoms with Gasteiger partial charge in [-0.15, -0.1) is 0 Å². The minimum Gasteiger partial charge on any atom is -0.497 e. The predicted octanol–water partition coefficient (Wildman–Crippen LogP) is 0.739. The Morgan fingerprint density at radius 2 is 1.86 bits per heavy atom. The number of hydrogen-bond donors (Lipinski definition) is 2. The van der Waals surface area contributed by atoms with E-state index >= 15 is 0 Å². The summed E-state index contributed by atoms with van der Waals surface area (Å²) in [6.45, 7) is 4.23. The number of nitrogens with zero attached hydrogens (tertiary/aromatic N) is 4. The molecule has 0 radical (unpaired) electrons. The molecule has 0 aliphatic carbocycles. The molecule has 2 N–H and O–H groups in total. The second-order valence-electron chi connectivity index (χ2n) is 6.73. The maximum absolute atomic E-state index is 5.55. The molecule has 0 amide bonds. The topological polar surface area (TPSA) is 78.5 Å². The van der Waals surface area contributed by atoms with Crippen molar-refractivity contribution in [3.63, 3.8) is 0 Å². The molecule has 8 heteroatoms. The number of rotatable bonds is 7. The van der Waals surface area contributed by atoms with Crippen LogP contribution in [0.2, 0.25) is 0 Å². The Kier molecular flexibility index (Phi) is 5.79. The summed E-state index contributed by atoms with van der Waals surface area (Å²) in [4.78, 5) is 1.49. The highest BCUT2D eigenvalue weighted by Gasteiger charge is 2.27. The van der Waals surface area contributed by atoms with Gasteiger partial charge in [-0.3, -0.25) is 0 Å². The van der Waals surface area contributed by atoms with Crippen molar-refractivity contribution in [1.82, 2.24) is 20.2 Å². The molecule has 28 heavy (non-hydrogen) atoms. The van der Waals surface area contributed by atoms with E-state index in [2.05, 4.69) is 33.0 Å². The van der Waals surface area contributed by atoms with E-state index in [-0.39, 0.29) is 6.04 Å². The minimum absolute atomic E-state index is 0.260. The summed E-state index contributed by atoms with van der Waals surface area (Å²) >= 11 is 0. The summed E-state index contributed by atoms with van der Waals surface area (Å²) in [5.74, 6) is 1.50. The maximum Gasteiger partial charge on any atom is 0.247 e. The summed E-state index contributed by atoms with van der Waals surface area (Å²) < 4.78 is 12.6. The molecule has 1 saturated heterocycles. The highest BCUT2D eigenvalue weighted by molar-refractivity contribution is 5.38. The number of nitrogens with one attached hydrogen (secondary N) is 2. The first-order valence-electron chi connectivity index (χ1n) is 9.49. The number of anilines is 1. The van der Waals surface area contributed by atoms with Crippen LogP contribution in [-0.2, 0) is 4.74 Å². The number of benzene rings is 2. The average molecular weight is 381 g/mol. The lowest BCUT2D eigenvalue weighted by atomic mass is 10.0. The van der Waals surface area contributed by atoms with Gasteiger partial charge in [-0.1, -0.05) is 23.3 Å². The zero-order valence-corrected chi connectivity index (χ0v) is 15.9. The fourth-order valence-corrected chi connectivity index (χ4v) is 3.55. The second kappa shape index (κ2) is 8.81. The molecule has 1 aromatic heterocycles. The van der Waals surface area contributed by atoms with Gasteiger partial charge in [0.15, 0.2) is 0 Å². The molecule has 0 bridgehead atoms. The van der Waals surface area contributed by atoms with Crippen molar-refractivity contribution < 1.29 is 14.4 Å². The fraction of sp³-hybridized carbons (Fsp3) is 0.350. The van der Waals surface area contributed by atoms with Crippen LogP contribution in [0.25, 0.3) is 5.69 Å². The predicted molar refractivity (Wildman–Crippen MR) is 105 cm³/mol. The van der Waals surface area contributed by atoms with E-state index in [0.717, 1.165) is 44.3 Å². The number of quaternary nitrogens is 1. The third-order valence-corrected chi connectivity index (χ3v) is 5.08. The van der Waals surface area contributed by atoms with E-state index in [1.54, 1.807) is 11.8 Å². The smallest absolute Gasteiger partial charge is 0.247 e. The molecule has 1 aliphatic heterocycles. The van der Waals surface area contributed by atoms with Crippen molar-refractivity contribution in [2.45, 2.75) is 6.04 Å². The Bertz CT molecular complexity index is 862. The van der Waals surface area contributed by atoms with Crippen LogP contribution in [0.4, 0.5) is 5.95 Å². The largest absolute Gasteiger partial charge is 0.497 e. The zero-order chi connectivity index (χ0) is 19.2. The van der Waals surface area contributed by atoms with Gasteiger partial charge < -0.3 is 19.7 Å². The lowest BCUT2D eigenvalue weighted by Crippen LogP contribution is -3.14. The Morgan fingerprint density at radius 3 is 2.57 bits per heavy atom. The van der Waals surface area contributed by atoms with Crippen molar-refractivity contribution in [2.75, 3.05) is 45.3 Å². The van der Waals surface area contributed by atoms with Crippen LogP contribution in [0.3, 0.4) is 0 Å². The molecule has 2 aromatic carbocycles. The molecule has 0 unspecified atom stereocenters. The van der Waals surface area contributed by atoms with E-state index in [1.807, 2.05) is 42.5 Å². The molecular formula is C20H25N6O2+. The molecule has 2 heterocycles.